The number of phenols is 1. The zero-order valence-corrected chi connectivity index (χ0v) is 13.6. The number of hydrazine groups is 1. The Kier molecular flexibility index (Phi) is 6.19. The molecule has 0 aliphatic rings. The molecule has 0 aliphatic heterocycles. The van der Waals surface area contributed by atoms with E-state index in [0.717, 1.165) is 0 Å². The van der Waals surface area contributed by atoms with Gasteiger partial charge in [-0.05, 0) is 48.1 Å². The summed E-state index contributed by atoms with van der Waals surface area (Å²) in [4.78, 5) is 23.6. The van der Waals surface area contributed by atoms with Gasteiger partial charge in [0.05, 0.1) is 5.56 Å². The highest BCUT2D eigenvalue weighted by Gasteiger charge is 2.10. The number of carbonyl (C=O) groups excluding carboxylic acids is 2. The lowest BCUT2D eigenvalue weighted by Crippen LogP contribution is -2.48. The monoisotopic (exact) mass is 359 g/mol. The van der Waals surface area contributed by atoms with Crippen molar-refractivity contribution >= 4 is 35.2 Å². The SMILES string of the molecule is O=C(C=Cc1ccc(F)cc1)NC(=S)NNC(=O)c1ccccc1O. The van der Waals surface area contributed by atoms with E-state index >= 15 is 0 Å². The summed E-state index contributed by atoms with van der Waals surface area (Å²) in [5, 5.41) is 11.8. The number of aromatic hydroxyl groups is 1. The number of para-hydroxylation sites is 1. The van der Waals surface area contributed by atoms with Gasteiger partial charge in [-0.2, -0.15) is 0 Å². The van der Waals surface area contributed by atoms with Crippen LogP contribution in [0.3, 0.4) is 0 Å². The summed E-state index contributed by atoms with van der Waals surface area (Å²) >= 11 is 4.88. The normalized spacial score (nSPS) is 10.3. The molecule has 4 N–H and O–H groups in total. The lowest BCUT2D eigenvalue weighted by molar-refractivity contribution is -0.115. The molecular weight excluding hydrogens is 345 g/mol. The molecule has 8 heteroatoms. The molecule has 0 spiro atoms. The number of hydrogen-bond donors (Lipinski definition) is 4. The molecule has 0 heterocycles. The second-order valence-corrected chi connectivity index (χ2v) is 5.21. The Balaban J connectivity index is 1.81. The van der Waals surface area contributed by atoms with Gasteiger partial charge in [-0.15, -0.1) is 0 Å². The van der Waals surface area contributed by atoms with Crippen molar-refractivity contribution in [3.05, 3.63) is 71.6 Å². The largest absolute Gasteiger partial charge is 0.507 e. The van der Waals surface area contributed by atoms with Gasteiger partial charge in [0.25, 0.3) is 5.91 Å². The van der Waals surface area contributed by atoms with Crippen LogP contribution < -0.4 is 16.2 Å². The summed E-state index contributed by atoms with van der Waals surface area (Å²) in [5.74, 6) is -1.69. The standard InChI is InChI=1S/C17H14FN3O3S/c18-12-8-5-11(6-9-12)7-10-15(23)19-17(25)21-20-16(24)13-3-1-2-4-14(13)22/h1-10,22H,(H,20,24)(H2,19,21,23,25). The van der Waals surface area contributed by atoms with E-state index in [-0.39, 0.29) is 22.2 Å². The molecule has 0 unspecified atom stereocenters. The number of halogens is 1. The van der Waals surface area contributed by atoms with Gasteiger partial charge in [0.2, 0.25) is 5.91 Å². The van der Waals surface area contributed by atoms with Gasteiger partial charge in [-0.1, -0.05) is 24.3 Å². The smallest absolute Gasteiger partial charge is 0.273 e. The first kappa shape index (κ1) is 18.1. The van der Waals surface area contributed by atoms with Gasteiger partial charge in [-0.3, -0.25) is 25.8 Å². The predicted octanol–water partition coefficient (Wildman–Crippen LogP) is 1.88. The third-order valence-electron chi connectivity index (χ3n) is 2.97. The van der Waals surface area contributed by atoms with Crippen molar-refractivity contribution in [3.8, 4) is 5.75 Å². The zero-order chi connectivity index (χ0) is 18.2. The Bertz CT molecular complexity index is 822. The van der Waals surface area contributed by atoms with E-state index in [1.807, 2.05) is 0 Å². The highest BCUT2D eigenvalue weighted by atomic mass is 32.1. The second kappa shape index (κ2) is 8.55. The van der Waals surface area contributed by atoms with Gasteiger partial charge in [0.1, 0.15) is 11.6 Å². The second-order valence-electron chi connectivity index (χ2n) is 4.80. The van der Waals surface area contributed by atoms with Crippen molar-refractivity contribution in [1.29, 1.82) is 0 Å². The number of rotatable bonds is 3. The fraction of sp³-hybridized carbons (Fsp3) is 0. The van der Waals surface area contributed by atoms with Crippen LogP contribution in [0.15, 0.2) is 54.6 Å². The van der Waals surface area contributed by atoms with E-state index < -0.39 is 11.8 Å². The van der Waals surface area contributed by atoms with Gasteiger partial charge >= 0.3 is 0 Å². The van der Waals surface area contributed by atoms with Crippen LogP contribution in [-0.4, -0.2) is 22.0 Å². The number of thiocarbonyl (C=S) groups is 1. The van der Waals surface area contributed by atoms with Crippen LogP contribution in [0, 0.1) is 5.82 Å². The minimum Gasteiger partial charge on any atom is -0.507 e. The molecule has 2 rings (SSSR count). The Morgan fingerprint density at radius 1 is 1.04 bits per heavy atom. The maximum atomic E-state index is 12.8. The van der Waals surface area contributed by atoms with Gasteiger partial charge < -0.3 is 5.11 Å². The van der Waals surface area contributed by atoms with Gasteiger partial charge in [0.15, 0.2) is 5.11 Å². The van der Waals surface area contributed by atoms with E-state index in [9.17, 15) is 19.1 Å². The van der Waals surface area contributed by atoms with Crippen LogP contribution in [0.25, 0.3) is 6.08 Å². The quantitative estimate of drug-likeness (QED) is 0.382. The van der Waals surface area contributed by atoms with Gasteiger partial charge in [0, 0.05) is 6.08 Å². The van der Waals surface area contributed by atoms with E-state index in [4.69, 9.17) is 12.2 Å². The molecule has 0 atom stereocenters. The number of amides is 2. The zero-order valence-electron chi connectivity index (χ0n) is 12.8. The van der Waals surface area contributed by atoms with Crippen LogP contribution in [-0.2, 0) is 4.79 Å². The minimum atomic E-state index is -0.614. The summed E-state index contributed by atoms with van der Waals surface area (Å²) in [6, 6.07) is 11.6. The number of benzene rings is 2. The first-order valence-corrected chi connectivity index (χ1v) is 7.49. The molecule has 25 heavy (non-hydrogen) atoms. The van der Waals surface area contributed by atoms with Crippen molar-refractivity contribution in [2.24, 2.45) is 0 Å². The van der Waals surface area contributed by atoms with Crippen LogP contribution >= 0.6 is 12.2 Å². The molecule has 0 bridgehead atoms. The molecule has 0 radical (unpaired) electrons. The molecule has 2 aromatic carbocycles. The first-order valence-electron chi connectivity index (χ1n) is 7.08. The summed E-state index contributed by atoms with van der Waals surface area (Å²) in [6.45, 7) is 0. The van der Waals surface area contributed by atoms with Crippen molar-refractivity contribution in [2.75, 3.05) is 0 Å². The highest BCUT2D eigenvalue weighted by Crippen LogP contribution is 2.14. The van der Waals surface area contributed by atoms with Crippen LogP contribution in [0.5, 0.6) is 5.75 Å². The van der Waals surface area contributed by atoms with Gasteiger partial charge in [-0.25, -0.2) is 4.39 Å². The van der Waals surface area contributed by atoms with Crippen molar-refractivity contribution in [1.82, 2.24) is 16.2 Å². The van der Waals surface area contributed by atoms with Crippen LogP contribution in [0.1, 0.15) is 15.9 Å². The Labute approximate surface area is 148 Å². The van der Waals surface area contributed by atoms with Crippen LogP contribution in [0.2, 0.25) is 0 Å². The molecule has 0 saturated carbocycles. The molecule has 0 fully saturated rings. The summed E-state index contributed by atoms with van der Waals surface area (Å²) in [5.41, 5.74) is 5.30. The minimum absolute atomic E-state index is 0.0559. The van der Waals surface area contributed by atoms with E-state index in [0.29, 0.717) is 5.56 Å². The molecule has 2 aromatic rings. The van der Waals surface area contributed by atoms with Crippen LogP contribution in [0.4, 0.5) is 4.39 Å². The Hall–Kier alpha value is -3.26. The first-order chi connectivity index (χ1) is 12.0. The third-order valence-corrected chi connectivity index (χ3v) is 3.18. The fourth-order valence-electron chi connectivity index (χ4n) is 1.78. The molecule has 2 amide bonds. The number of phenolic OH excluding ortho intramolecular Hbond substituents is 1. The number of hydrogen-bond acceptors (Lipinski definition) is 4. The topological polar surface area (TPSA) is 90.5 Å². The molecule has 0 aliphatic carbocycles. The fourth-order valence-corrected chi connectivity index (χ4v) is 1.93. The average Bonchev–Trinajstić information content (AvgIpc) is 2.59. The van der Waals surface area contributed by atoms with Crippen molar-refractivity contribution in [2.45, 2.75) is 0 Å². The average molecular weight is 359 g/mol. The number of carbonyl (C=O) groups is 2. The summed E-state index contributed by atoms with van der Waals surface area (Å²) < 4.78 is 12.8. The highest BCUT2D eigenvalue weighted by molar-refractivity contribution is 7.80. The predicted molar refractivity (Wildman–Crippen MR) is 94.9 cm³/mol. The molecule has 0 saturated heterocycles. The van der Waals surface area contributed by atoms with Crippen molar-refractivity contribution < 1.29 is 19.1 Å². The Morgan fingerprint density at radius 3 is 2.40 bits per heavy atom. The molecule has 128 valence electrons. The molecule has 6 nitrogen and oxygen atoms in total. The maximum Gasteiger partial charge on any atom is 0.273 e. The maximum absolute atomic E-state index is 12.8. The van der Waals surface area contributed by atoms with E-state index in [2.05, 4.69) is 16.2 Å². The summed E-state index contributed by atoms with van der Waals surface area (Å²) in [6.07, 6.45) is 2.70. The molecule has 0 aromatic heterocycles. The molecular formula is C17H14FN3O3S. The van der Waals surface area contributed by atoms with Crippen molar-refractivity contribution in [3.63, 3.8) is 0 Å². The van der Waals surface area contributed by atoms with E-state index in [1.165, 1.54) is 48.6 Å². The summed E-state index contributed by atoms with van der Waals surface area (Å²) in [7, 11) is 0. The lowest BCUT2D eigenvalue weighted by atomic mass is 10.2. The number of nitrogens with one attached hydrogen (secondary N) is 3. The Morgan fingerprint density at radius 2 is 1.72 bits per heavy atom. The lowest BCUT2D eigenvalue weighted by Gasteiger charge is -2.10. The third kappa shape index (κ3) is 5.70. The van der Waals surface area contributed by atoms with E-state index in [1.54, 1.807) is 12.1 Å².